The van der Waals surface area contributed by atoms with Gasteiger partial charge in [0.25, 0.3) is 0 Å². The van der Waals surface area contributed by atoms with Gasteiger partial charge in [0.15, 0.2) is 11.6 Å². The topological polar surface area (TPSA) is 26.0 Å². The van der Waals surface area contributed by atoms with Gasteiger partial charge in [-0.1, -0.05) is 12.1 Å². The van der Waals surface area contributed by atoms with Crippen LogP contribution < -0.4 is 5.73 Å². The maximum Gasteiger partial charge on any atom is 0.162 e. The zero-order chi connectivity index (χ0) is 10.6. The van der Waals surface area contributed by atoms with Crippen molar-refractivity contribution < 1.29 is 8.78 Å². The summed E-state index contributed by atoms with van der Waals surface area (Å²) in [5.74, 6) is -0.835. The van der Waals surface area contributed by atoms with Crippen LogP contribution >= 0.6 is 11.8 Å². The van der Waals surface area contributed by atoms with E-state index in [4.69, 9.17) is 5.73 Å². The van der Waals surface area contributed by atoms with Gasteiger partial charge in [0, 0.05) is 11.8 Å². The van der Waals surface area contributed by atoms with Crippen LogP contribution in [0.1, 0.15) is 5.56 Å². The van der Waals surface area contributed by atoms with Crippen LogP contribution in [0, 0.1) is 11.6 Å². The molecule has 4 heteroatoms. The van der Waals surface area contributed by atoms with E-state index in [9.17, 15) is 8.78 Å². The molecule has 1 rings (SSSR count). The minimum absolute atomic E-state index is 0.124. The number of benzene rings is 1. The summed E-state index contributed by atoms with van der Waals surface area (Å²) < 4.78 is 26.0. The van der Waals surface area contributed by atoms with E-state index in [-0.39, 0.29) is 6.04 Å². The Kier molecular flexibility index (Phi) is 4.35. The highest BCUT2D eigenvalue weighted by Gasteiger charge is 2.10. The molecule has 0 aliphatic heterocycles. The first-order chi connectivity index (χ1) is 6.65. The van der Waals surface area contributed by atoms with Crippen molar-refractivity contribution in [2.24, 2.45) is 5.73 Å². The largest absolute Gasteiger partial charge is 0.327 e. The van der Waals surface area contributed by atoms with Gasteiger partial charge in [0.1, 0.15) is 0 Å². The highest BCUT2D eigenvalue weighted by molar-refractivity contribution is 7.98. The smallest absolute Gasteiger partial charge is 0.162 e. The lowest BCUT2D eigenvalue weighted by Crippen LogP contribution is -2.26. The first-order valence-electron chi connectivity index (χ1n) is 4.32. The summed E-state index contributed by atoms with van der Waals surface area (Å²) in [7, 11) is 0. The summed E-state index contributed by atoms with van der Waals surface area (Å²) in [4.78, 5) is 0. The second kappa shape index (κ2) is 5.32. The Bertz CT molecular complexity index is 304. The third-order valence-electron chi connectivity index (χ3n) is 1.89. The van der Waals surface area contributed by atoms with Crippen LogP contribution in [0.15, 0.2) is 18.2 Å². The summed E-state index contributed by atoms with van der Waals surface area (Å²) in [5.41, 5.74) is 6.08. The molecule has 14 heavy (non-hydrogen) atoms. The van der Waals surface area contributed by atoms with Gasteiger partial charge in [-0.3, -0.25) is 0 Å². The van der Waals surface area contributed by atoms with E-state index < -0.39 is 11.6 Å². The number of hydrogen-bond donors (Lipinski definition) is 1. The van der Waals surface area contributed by atoms with Crippen LogP contribution in [0.25, 0.3) is 0 Å². The molecule has 1 unspecified atom stereocenters. The van der Waals surface area contributed by atoms with E-state index in [2.05, 4.69) is 0 Å². The van der Waals surface area contributed by atoms with Crippen molar-refractivity contribution in [3.8, 4) is 0 Å². The quantitative estimate of drug-likeness (QED) is 0.836. The van der Waals surface area contributed by atoms with E-state index in [1.54, 1.807) is 17.8 Å². The number of thioether (sulfide) groups is 1. The van der Waals surface area contributed by atoms with Crippen molar-refractivity contribution in [2.45, 2.75) is 12.5 Å². The molecule has 2 N–H and O–H groups in total. The lowest BCUT2D eigenvalue weighted by Gasteiger charge is -2.10. The highest BCUT2D eigenvalue weighted by atomic mass is 32.2. The molecule has 0 heterocycles. The van der Waals surface area contributed by atoms with Crippen molar-refractivity contribution in [1.29, 1.82) is 0 Å². The van der Waals surface area contributed by atoms with E-state index in [0.29, 0.717) is 12.0 Å². The monoisotopic (exact) mass is 217 g/mol. The van der Waals surface area contributed by atoms with Gasteiger partial charge >= 0.3 is 0 Å². The summed E-state index contributed by atoms with van der Waals surface area (Å²) >= 11 is 1.60. The molecule has 1 atom stereocenters. The summed E-state index contributed by atoms with van der Waals surface area (Å²) in [6.45, 7) is 0. The lowest BCUT2D eigenvalue weighted by atomic mass is 10.1. The Hall–Kier alpha value is -0.610. The third kappa shape index (κ3) is 2.96. The molecule has 0 amide bonds. The minimum atomic E-state index is -0.807. The number of halogens is 2. The first kappa shape index (κ1) is 11.5. The zero-order valence-corrected chi connectivity index (χ0v) is 8.78. The normalized spacial score (nSPS) is 12.9. The first-order valence-corrected chi connectivity index (χ1v) is 5.72. The second-order valence-electron chi connectivity index (χ2n) is 3.13. The van der Waals surface area contributed by atoms with Crippen LogP contribution in [-0.2, 0) is 6.42 Å². The molecular weight excluding hydrogens is 204 g/mol. The van der Waals surface area contributed by atoms with Crippen LogP contribution in [0.4, 0.5) is 8.78 Å². The van der Waals surface area contributed by atoms with Crippen molar-refractivity contribution in [3.05, 3.63) is 35.4 Å². The molecule has 0 spiro atoms. The van der Waals surface area contributed by atoms with E-state index in [0.717, 1.165) is 11.8 Å². The van der Waals surface area contributed by atoms with Gasteiger partial charge in [-0.25, -0.2) is 8.78 Å². The Balaban J connectivity index is 2.71. The van der Waals surface area contributed by atoms with Gasteiger partial charge in [-0.05, 0) is 24.3 Å². The minimum Gasteiger partial charge on any atom is -0.327 e. The van der Waals surface area contributed by atoms with Gasteiger partial charge in [-0.2, -0.15) is 11.8 Å². The molecule has 0 aliphatic carbocycles. The fraction of sp³-hybridized carbons (Fsp3) is 0.400. The average molecular weight is 217 g/mol. The molecule has 78 valence electrons. The summed E-state index contributed by atoms with van der Waals surface area (Å²) in [6.07, 6.45) is 2.31. The van der Waals surface area contributed by atoms with E-state index in [1.165, 1.54) is 6.07 Å². The molecular formula is C10H13F2NS. The van der Waals surface area contributed by atoms with Crippen molar-refractivity contribution in [1.82, 2.24) is 0 Å². The number of rotatable bonds is 4. The Morgan fingerprint density at radius 1 is 1.43 bits per heavy atom. The van der Waals surface area contributed by atoms with Gasteiger partial charge in [-0.15, -0.1) is 0 Å². The maximum absolute atomic E-state index is 13.2. The highest BCUT2D eigenvalue weighted by Crippen LogP contribution is 2.13. The van der Waals surface area contributed by atoms with Crippen LogP contribution in [0.3, 0.4) is 0 Å². The zero-order valence-electron chi connectivity index (χ0n) is 7.97. The lowest BCUT2D eigenvalue weighted by molar-refractivity contribution is 0.495. The Morgan fingerprint density at radius 2 is 2.14 bits per heavy atom. The van der Waals surface area contributed by atoms with Crippen molar-refractivity contribution in [3.63, 3.8) is 0 Å². The predicted molar refractivity (Wildman–Crippen MR) is 56.4 cm³/mol. The molecule has 0 aromatic heterocycles. The van der Waals surface area contributed by atoms with Crippen LogP contribution in [0.5, 0.6) is 0 Å². The SMILES string of the molecule is CSCC(N)Cc1cccc(F)c1F. The van der Waals surface area contributed by atoms with E-state index in [1.807, 2.05) is 6.26 Å². The Labute approximate surface area is 86.7 Å². The van der Waals surface area contributed by atoms with E-state index >= 15 is 0 Å². The third-order valence-corrected chi connectivity index (χ3v) is 2.66. The van der Waals surface area contributed by atoms with Crippen LogP contribution in [0.2, 0.25) is 0 Å². The van der Waals surface area contributed by atoms with Gasteiger partial charge in [0.2, 0.25) is 0 Å². The average Bonchev–Trinajstić information content (AvgIpc) is 2.13. The molecule has 0 aliphatic rings. The molecule has 0 radical (unpaired) electrons. The molecule has 1 nitrogen and oxygen atoms in total. The molecule has 0 saturated carbocycles. The predicted octanol–water partition coefficient (Wildman–Crippen LogP) is 2.20. The number of hydrogen-bond acceptors (Lipinski definition) is 2. The number of nitrogens with two attached hydrogens (primary N) is 1. The Morgan fingerprint density at radius 3 is 2.79 bits per heavy atom. The standard InChI is InChI=1S/C10H13F2NS/c1-14-6-8(13)5-7-3-2-4-9(11)10(7)12/h2-4,8H,5-6,13H2,1H3. The van der Waals surface area contributed by atoms with Crippen molar-refractivity contribution >= 4 is 11.8 Å². The molecule has 0 fully saturated rings. The molecule has 0 saturated heterocycles. The maximum atomic E-state index is 13.2. The van der Waals surface area contributed by atoms with Crippen LogP contribution in [-0.4, -0.2) is 18.1 Å². The molecule has 1 aromatic rings. The fourth-order valence-electron chi connectivity index (χ4n) is 1.26. The van der Waals surface area contributed by atoms with Crippen molar-refractivity contribution in [2.75, 3.05) is 12.0 Å². The second-order valence-corrected chi connectivity index (χ2v) is 4.04. The van der Waals surface area contributed by atoms with Gasteiger partial charge < -0.3 is 5.73 Å². The fourth-order valence-corrected chi connectivity index (χ4v) is 1.81. The van der Waals surface area contributed by atoms with Gasteiger partial charge in [0.05, 0.1) is 0 Å². The summed E-state index contributed by atoms with van der Waals surface area (Å²) in [5, 5.41) is 0. The molecule has 0 bridgehead atoms. The summed E-state index contributed by atoms with van der Waals surface area (Å²) in [6, 6.07) is 4.05. The molecule has 1 aromatic carbocycles.